The number of aromatic nitrogens is 1. The molecule has 1 aromatic carbocycles. The maximum absolute atomic E-state index is 3.69. The topological polar surface area (TPSA) is 17.0 Å². The van der Waals surface area contributed by atoms with Crippen molar-refractivity contribution in [3.05, 3.63) is 34.4 Å². The fourth-order valence-electron chi connectivity index (χ4n) is 2.99. The molecule has 3 rings (SSSR count). The van der Waals surface area contributed by atoms with Crippen LogP contribution in [0.3, 0.4) is 0 Å². The standard InChI is InChI=1S/C15H19BrN2/c1-18-10-13(16)15-11(5-4-7-14(15)18)9-12-6-2-3-8-17-12/h4-5,7,10,12,17H,2-3,6,8-9H2,1H3. The summed E-state index contributed by atoms with van der Waals surface area (Å²) in [6, 6.07) is 7.28. The number of aryl methyl sites for hydroxylation is 1. The molecule has 0 amide bonds. The monoisotopic (exact) mass is 306 g/mol. The Morgan fingerprint density at radius 2 is 2.28 bits per heavy atom. The van der Waals surface area contributed by atoms with E-state index < -0.39 is 0 Å². The molecule has 1 aliphatic heterocycles. The zero-order valence-corrected chi connectivity index (χ0v) is 12.3. The third kappa shape index (κ3) is 2.21. The summed E-state index contributed by atoms with van der Waals surface area (Å²) < 4.78 is 3.41. The minimum Gasteiger partial charge on any atom is -0.349 e. The van der Waals surface area contributed by atoms with Crippen LogP contribution in [-0.4, -0.2) is 17.2 Å². The van der Waals surface area contributed by atoms with Gasteiger partial charge in [0.2, 0.25) is 0 Å². The quantitative estimate of drug-likeness (QED) is 0.896. The van der Waals surface area contributed by atoms with Crippen molar-refractivity contribution >= 4 is 26.8 Å². The van der Waals surface area contributed by atoms with Crippen LogP contribution in [0.5, 0.6) is 0 Å². The van der Waals surface area contributed by atoms with E-state index >= 15 is 0 Å². The first kappa shape index (κ1) is 12.2. The van der Waals surface area contributed by atoms with E-state index in [0.29, 0.717) is 6.04 Å². The molecule has 1 atom stereocenters. The highest BCUT2D eigenvalue weighted by Crippen LogP contribution is 2.30. The second-order valence-corrected chi connectivity index (χ2v) is 6.10. The number of hydrogen-bond donors (Lipinski definition) is 1. The van der Waals surface area contributed by atoms with Crippen molar-refractivity contribution in [2.24, 2.45) is 7.05 Å². The first-order valence-corrected chi connectivity index (χ1v) is 7.51. The van der Waals surface area contributed by atoms with Crippen molar-refractivity contribution in [2.75, 3.05) is 6.54 Å². The van der Waals surface area contributed by atoms with Crippen molar-refractivity contribution in [3.63, 3.8) is 0 Å². The van der Waals surface area contributed by atoms with Crippen LogP contribution in [0.15, 0.2) is 28.9 Å². The van der Waals surface area contributed by atoms with Gasteiger partial charge in [0.15, 0.2) is 0 Å². The lowest BCUT2D eigenvalue weighted by atomic mass is 9.96. The Morgan fingerprint density at radius 3 is 3.06 bits per heavy atom. The predicted molar refractivity (Wildman–Crippen MR) is 80.0 cm³/mol. The lowest BCUT2D eigenvalue weighted by Gasteiger charge is -2.23. The normalized spacial score (nSPS) is 20.4. The van der Waals surface area contributed by atoms with Crippen molar-refractivity contribution in [3.8, 4) is 0 Å². The molecule has 1 fully saturated rings. The maximum Gasteiger partial charge on any atom is 0.0492 e. The van der Waals surface area contributed by atoms with Gasteiger partial charge in [-0.15, -0.1) is 0 Å². The first-order chi connectivity index (χ1) is 8.75. The molecular formula is C15H19BrN2. The molecule has 2 heterocycles. The summed E-state index contributed by atoms with van der Waals surface area (Å²) in [5.41, 5.74) is 2.77. The van der Waals surface area contributed by atoms with Crippen LogP contribution in [0, 0.1) is 0 Å². The van der Waals surface area contributed by atoms with E-state index in [9.17, 15) is 0 Å². The minimum absolute atomic E-state index is 0.649. The Labute approximate surface area is 116 Å². The number of hydrogen-bond acceptors (Lipinski definition) is 1. The van der Waals surface area contributed by atoms with Crippen molar-refractivity contribution in [1.82, 2.24) is 9.88 Å². The number of halogens is 1. The number of benzene rings is 1. The van der Waals surface area contributed by atoms with Gasteiger partial charge >= 0.3 is 0 Å². The van der Waals surface area contributed by atoms with E-state index in [-0.39, 0.29) is 0 Å². The third-order valence-electron chi connectivity index (χ3n) is 3.93. The van der Waals surface area contributed by atoms with Crippen LogP contribution >= 0.6 is 15.9 Å². The zero-order chi connectivity index (χ0) is 12.5. The Kier molecular flexibility index (Phi) is 3.44. The second kappa shape index (κ2) is 5.06. The fraction of sp³-hybridized carbons (Fsp3) is 0.467. The smallest absolute Gasteiger partial charge is 0.0492 e. The van der Waals surface area contributed by atoms with Gasteiger partial charge in [0.25, 0.3) is 0 Å². The van der Waals surface area contributed by atoms with Crippen LogP contribution in [0.4, 0.5) is 0 Å². The van der Waals surface area contributed by atoms with Gasteiger partial charge in [-0.25, -0.2) is 0 Å². The Morgan fingerprint density at radius 1 is 1.39 bits per heavy atom. The Balaban J connectivity index is 1.95. The molecule has 0 bridgehead atoms. The van der Waals surface area contributed by atoms with Crippen LogP contribution in [0.2, 0.25) is 0 Å². The lowest BCUT2D eigenvalue weighted by molar-refractivity contribution is 0.400. The molecule has 18 heavy (non-hydrogen) atoms. The largest absolute Gasteiger partial charge is 0.349 e. The van der Waals surface area contributed by atoms with Crippen LogP contribution in [0.1, 0.15) is 24.8 Å². The molecule has 1 N–H and O–H groups in total. The van der Waals surface area contributed by atoms with Gasteiger partial charge in [-0.2, -0.15) is 0 Å². The molecule has 0 spiro atoms. The Bertz CT molecular complexity index is 553. The summed E-state index contributed by atoms with van der Waals surface area (Å²) in [6.45, 7) is 1.18. The molecule has 2 nitrogen and oxygen atoms in total. The van der Waals surface area contributed by atoms with Crippen molar-refractivity contribution < 1.29 is 0 Å². The highest BCUT2D eigenvalue weighted by atomic mass is 79.9. The van der Waals surface area contributed by atoms with Gasteiger partial charge in [0.1, 0.15) is 0 Å². The predicted octanol–water partition coefficient (Wildman–Crippen LogP) is 3.63. The number of nitrogens with zero attached hydrogens (tertiary/aromatic N) is 1. The summed E-state index contributed by atoms with van der Waals surface area (Å²) in [4.78, 5) is 0. The highest BCUT2D eigenvalue weighted by Gasteiger charge is 2.16. The molecule has 3 heteroatoms. The average Bonchev–Trinajstić information content (AvgIpc) is 2.67. The first-order valence-electron chi connectivity index (χ1n) is 6.71. The van der Waals surface area contributed by atoms with Crippen molar-refractivity contribution in [2.45, 2.75) is 31.7 Å². The number of rotatable bonds is 2. The van der Waals surface area contributed by atoms with Crippen molar-refractivity contribution in [1.29, 1.82) is 0 Å². The molecular weight excluding hydrogens is 288 g/mol. The van der Waals surface area contributed by atoms with Crippen LogP contribution < -0.4 is 5.32 Å². The second-order valence-electron chi connectivity index (χ2n) is 5.25. The van der Waals surface area contributed by atoms with E-state index in [0.717, 1.165) is 6.42 Å². The van der Waals surface area contributed by atoms with E-state index in [2.05, 4.69) is 57.3 Å². The maximum atomic E-state index is 3.69. The molecule has 2 aromatic rings. The van der Waals surface area contributed by atoms with Gasteiger partial charge < -0.3 is 9.88 Å². The summed E-state index contributed by atoms with van der Waals surface area (Å²) in [5.74, 6) is 0. The van der Waals surface area contributed by atoms with Gasteiger partial charge in [0, 0.05) is 34.7 Å². The van der Waals surface area contributed by atoms with E-state index in [1.807, 2.05) is 0 Å². The van der Waals surface area contributed by atoms with E-state index in [1.165, 1.54) is 46.7 Å². The summed E-state index contributed by atoms with van der Waals surface area (Å²) in [6.07, 6.45) is 7.29. The molecule has 96 valence electrons. The molecule has 0 saturated carbocycles. The number of fused-ring (bicyclic) bond motifs is 1. The van der Waals surface area contributed by atoms with Crippen LogP contribution in [0.25, 0.3) is 10.9 Å². The lowest BCUT2D eigenvalue weighted by Crippen LogP contribution is -2.35. The SMILES string of the molecule is Cn1cc(Br)c2c(CC3CCCCN3)cccc21. The molecule has 1 aromatic heterocycles. The van der Waals surface area contributed by atoms with E-state index in [1.54, 1.807) is 0 Å². The summed E-state index contributed by atoms with van der Waals surface area (Å²) in [5, 5.41) is 5.02. The zero-order valence-electron chi connectivity index (χ0n) is 10.7. The van der Waals surface area contributed by atoms with Gasteiger partial charge in [-0.05, 0) is 53.4 Å². The van der Waals surface area contributed by atoms with E-state index in [4.69, 9.17) is 0 Å². The van der Waals surface area contributed by atoms with Gasteiger partial charge in [0.05, 0.1) is 0 Å². The molecule has 0 aliphatic carbocycles. The number of nitrogens with one attached hydrogen (secondary N) is 1. The molecule has 1 saturated heterocycles. The van der Waals surface area contributed by atoms with Crippen LogP contribution in [-0.2, 0) is 13.5 Å². The third-order valence-corrected chi connectivity index (χ3v) is 4.53. The molecule has 0 radical (unpaired) electrons. The average molecular weight is 307 g/mol. The Hall–Kier alpha value is -0.800. The highest BCUT2D eigenvalue weighted by molar-refractivity contribution is 9.10. The fourth-order valence-corrected chi connectivity index (χ4v) is 3.76. The van der Waals surface area contributed by atoms with Gasteiger partial charge in [-0.3, -0.25) is 0 Å². The number of piperidine rings is 1. The molecule has 1 unspecified atom stereocenters. The molecule has 1 aliphatic rings. The summed E-state index contributed by atoms with van der Waals surface area (Å²) in [7, 11) is 2.11. The minimum atomic E-state index is 0.649. The summed E-state index contributed by atoms with van der Waals surface area (Å²) >= 11 is 3.69. The van der Waals surface area contributed by atoms with Gasteiger partial charge in [-0.1, -0.05) is 18.6 Å².